The van der Waals surface area contributed by atoms with E-state index >= 15 is 0 Å². The molecule has 2 rings (SSSR count). The van der Waals surface area contributed by atoms with Crippen LogP contribution in [0.3, 0.4) is 0 Å². The highest BCUT2D eigenvalue weighted by atomic mass is 127. The van der Waals surface area contributed by atoms with Gasteiger partial charge in [0.15, 0.2) is 5.96 Å². The molecule has 1 atom stereocenters. The molecule has 1 aliphatic heterocycles. The normalized spacial score (nSPS) is 16.5. The summed E-state index contributed by atoms with van der Waals surface area (Å²) < 4.78 is 5.43. The van der Waals surface area contributed by atoms with E-state index in [-0.39, 0.29) is 24.0 Å². The molecule has 1 fully saturated rings. The van der Waals surface area contributed by atoms with Crippen molar-refractivity contribution in [2.45, 2.75) is 32.9 Å². The summed E-state index contributed by atoms with van der Waals surface area (Å²) in [6.07, 6.45) is 1.09. The van der Waals surface area contributed by atoms with Gasteiger partial charge in [-0.2, -0.15) is 0 Å². The van der Waals surface area contributed by atoms with Gasteiger partial charge in [-0.3, -0.25) is 9.89 Å². The van der Waals surface area contributed by atoms with E-state index in [1.807, 2.05) is 0 Å². The third-order valence-electron chi connectivity index (χ3n) is 4.83. The molecule has 7 heteroatoms. The van der Waals surface area contributed by atoms with Crippen molar-refractivity contribution < 1.29 is 4.74 Å². The molecule has 160 valence electrons. The first kappa shape index (κ1) is 25.1. The smallest absolute Gasteiger partial charge is 0.191 e. The molecule has 0 amide bonds. The van der Waals surface area contributed by atoms with Crippen LogP contribution >= 0.6 is 24.0 Å². The van der Waals surface area contributed by atoms with Crippen LogP contribution < -0.4 is 10.6 Å². The lowest BCUT2D eigenvalue weighted by molar-refractivity contribution is 0.0220. The molecule has 1 aromatic rings. The van der Waals surface area contributed by atoms with Gasteiger partial charge < -0.3 is 20.3 Å². The minimum atomic E-state index is 0. The van der Waals surface area contributed by atoms with E-state index in [1.54, 1.807) is 0 Å². The van der Waals surface area contributed by atoms with Crippen LogP contribution in [0, 0.1) is 0 Å². The van der Waals surface area contributed by atoms with Crippen molar-refractivity contribution >= 4 is 29.9 Å². The third-order valence-corrected chi connectivity index (χ3v) is 4.83. The van der Waals surface area contributed by atoms with Crippen LogP contribution in [-0.2, 0) is 11.3 Å². The van der Waals surface area contributed by atoms with Gasteiger partial charge in [-0.05, 0) is 39.4 Å². The molecule has 28 heavy (non-hydrogen) atoms. The van der Waals surface area contributed by atoms with E-state index in [1.165, 1.54) is 5.56 Å². The summed E-state index contributed by atoms with van der Waals surface area (Å²) in [6.45, 7) is 12.7. The number of benzene rings is 1. The van der Waals surface area contributed by atoms with E-state index < -0.39 is 0 Å². The van der Waals surface area contributed by atoms with E-state index in [0.717, 1.165) is 71.4 Å². The molecule has 1 heterocycles. The molecule has 0 aliphatic carbocycles. The number of guanidine groups is 1. The molecule has 0 bridgehead atoms. The number of hydrogen-bond donors (Lipinski definition) is 2. The fourth-order valence-corrected chi connectivity index (χ4v) is 3.23. The third kappa shape index (κ3) is 10.0. The number of nitrogens with one attached hydrogen (secondary N) is 2. The second-order valence-corrected chi connectivity index (χ2v) is 7.22. The number of aliphatic imine (C=N–C) groups is 1. The second kappa shape index (κ2) is 15.0. The Bertz CT molecular complexity index is 537. The molecule has 1 aliphatic rings. The molecule has 1 saturated heterocycles. The van der Waals surface area contributed by atoms with Crippen LogP contribution in [0.4, 0.5) is 0 Å². The zero-order chi connectivity index (χ0) is 19.3. The Balaban J connectivity index is 0.00000392. The molecule has 0 radical (unpaired) electrons. The maximum atomic E-state index is 5.43. The van der Waals surface area contributed by atoms with Gasteiger partial charge >= 0.3 is 0 Å². The number of hydrogen-bond acceptors (Lipinski definition) is 4. The standard InChI is InChI=1S/C21H37N5O.HI/c1-4-22-21(24-17-19(2)26-13-15-27-16-14-26)23-11-8-12-25(3)18-20-9-6-5-7-10-20;/h5-7,9-10,19H,4,8,11-18H2,1-3H3,(H2,22,23,24);1H. The van der Waals surface area contributed by atoms with Crippen molar-refractivity contribution in [1.82, 2.24) is 20.4 Å². The summed E-state index contributed by atoms with van der Waals surface area (Å²) in [5, 5.41) is 6.82. The SMILES string of the molecule is CCNC(=NCC(C)N1CCOCC1)NCCCN(C)Cc1ccccc1.I. The van der Waals surface area contributed by atoms with Gasteiger partial charge in [0.05, 0.1) is 19.8 Å². The Hall–Kier alpha value is -0.900. The Kier molecular flexibility index (Phi) is 13.5. The summed E-state index contributed by atoms with van der Waals surface area (Å²) >= 11 is 0. The number of halogens is 1. The van der Waals surface area contributed by atoms with Crippen LogP contribution in [0.25, 0.3) is 0 Å². The van der Waals surface area contributed by atoms with Crippen LogP contribution in [0.2, 0.25) is 0 Å². The van der Waals surface area contributed by atoms with Crippen molar-refractivity contribution in [1.29, 1.82) is 0 Å². The Morgan fingerprint density at radius 3 is 2.61 bits per heavy atom. The first-order chi connectivity index (χ1) is 13.2. The Labute approximate surface area is 188 Å². The predicted molar refractivity (Wildman–Crippen MR) is 129 cm³/mol. The maximum Gasteiger partial charge on any atom is 0.191 e. The highest BCUT2D eigenvalue weighted by molar-refractivity contribution is 14.0. The maximum absolute atomic E-state index is 5.43. The Morgan fingerprint density at radius 2 is 1.93 bits per heavy atom. The van der Waals surface area contributed by atoms with E-state index in [4.69, 9.17) is 9.73 Å². The minimum Gasteiger partial charge on any atom is -0.379 e. The van der Waals surface area contributed by atoms with Gasteiger partial charge in [-0.1, -0.05) is 30.3 Å². The van der Waals surface area contributed by atoms with Gasteiger partial charge in [-0.25, -0.2) is 0 Å². The fourth-order valence-electron chi connectivity index (χ4n) is 3.23. The monoisotopic (exact) mass is 503 g/mol. The zero-order valence-corrected chi connectivity index (χ0v) is 20.0. The first-order valence-corrected chi connectivity index (χ1v) is 10.3. The van der Waals surface area contributed by atoms with Crippen molar-refractivity contribution in [2.24, 2.45) is 4.99 Å². The lowest BCUT2D eigenvalue weighted by Crippen LogP contribution is -2.44. The molecule has 0 aromatic heterocycles. The topological polar surface area (TPSA) is 52.1 Å². The van der Waals surface area contributed by atoms with Gasteiger partial charge in [0.2, 0.25) is 0 Å². The Morgan fingerprint density at radius 1 is 1.21 bits per heavy atom. The van der Waals surface area contributed by atoms with E-state index in [0.29, 0.717) is 6.04 Å². The molecule has 0 spiro atoms. The summed E-state index contributed by atoms with van der Waals surface area (Å²) in [5.41, 5.74) is 1.36. The van der Waals surface area contributed by atoms with Crippen molar-refractivity contribution in [3.63, 3.8) is 0 Å². The molecule has 1 aromatic carbocycles. The van der Waals surface area contributed by atoms with Crippen LogP contribution in [-0.4, -0.2) is 81.3 Å². The van der Waals surface area contributed by atoms with Crippen molar-refractivity contribution in [3.05, 3.63) is 35.9 Å². The quantitative estimate of drug-likeness (QED) is 0.222. The zero-order valence-electron chi connectivity index (χ0n) is 17.7. The summed E-state index contributed by atoms with van der Waals surface area (Å²) in [6, 6.07) is 11.1. The highest BCUT2D eigenvalue weighted by Crippen LogP contribution is 2.04. The average molecular weight is 503 g/mol. The second-order valence-electron chi connectivity index (χ2n) is 7.22. The number of nitrogens with zero attached hydrogens (tertiary/aromatic N) is 3. The van der Waals surface area contributed by atoms with Gasteiger partial charge in [0.25, 0.3) is 0 Å². The lowest BCUT2D eigenvalue weighted by Gasteiger charge is -2.31. The molecular weight excluding hydrogens is 465 g/mol. The summed E-state index contributed by atoms with van der Waals surface area (Å²) in [4.78, 5) is 9.59. The molecule has 1 unspecified atom stereocenters. The summed E-state index contributed by atoms with van der Waals surface area (Å²) in [5.74, 6) is 0.920. The van der Waals surface area contributed by atoms with Crippen molar-refractivity contribution in [3.8, 4) is 0 Å². The van der Waals surface area contributed by atoms with Crippen LogP contribution in [0.15, 0.2) is 35.3 Å². The van der Waals surface area contributed by atoms with Gasteiger partial charge in [0, 0.05) is 38.8 Å². The van der Waals surface area contributed by atoms with Crippen LogP contribution in [0.1, 0.15) is 25.8 Å². The molecule has 6 nitrogen and oxygen atoms in total. The molecule has 2 N–H and O–H groups in total. The predicted octanol–water partition coefficient (Wildman–Crippen LogP) is 2.40. The minimum absolute atomic E-state index is 0. The number of rotatable bonds is 10. The lowest BCUT2D eigenvalue weighted by atomic mass is 10.2. The molecule has 0 saturated carbocycles. The fraction of sp³-hybridized carbons (Fsp3) is 0.667. The largest absolute Gasteiger partial charge is 0.379 e. The average Bonchev–Trinajstić information content (AvgIpc) is 2.70. The molecular formula is C21H38IN5O. The van der Waals surface area contributed by atoms with Crippen molar-refractivity contribution in [2.75, 3.05) is 59.5 Å². The number of morpholine rings is 1. The van der Waals surface area contributed by atoms with Crippen LogP contribution in [0.5, 0.6) is 0 Å². The van der Waals surface area contributed by atoms with E-state index in [9.17, 15) is 0 Å². The van der Waals surface area contributed by atoms with Gasteiger partial charge in [0.1, 0.15) is 0 Å². The first-order valence-electron chi connectivity index (χ1n) is 10.3. The number of ether oxygens (including phenoxy) is 1. The highest BCUT2D eigenvalue weighted by Gasteiger charge is 2.16. The van der Waals surface area contributed by atoms with Gasteiger partial charge in [-0.15, -0.1) is 24.0 Å². The van der Waals surface area contributed by atoms with E-state index in [2.05, 4.69) is 71.7 Å². The summed E-state index contributed by atoms with van der Waals surface area (Å²) in [7, 11) is 2.18.